The topological polar surface area (TPSA) is 66.9 Å². The van der Waals surface area contributed by atoms with Gasteiger partial charge in [0.25, 0.3) is 5.91 Å². The molecule has 1 aliphatic heterocycles. The van der Waals surface area contributed by atoms with Crippen LogP contribution in [0.15, 0.2) is 53.4 Å². The molecule has 1 heterocycles. The summed E-state index contributed by atoms with van der Waals surface area (Å²) in [6.07, 6.45) is 0. The predicted octanol–water partition coefficient (Wildman–Crippen LogP) is 3.18. The number of carbonyl (C=O) groups is 1. The van der Waals surface area contributed by atoms with Crippen molar-refractivity contribution < 1.29 is 17.9 Å². The Morgan fingerprint density at radius 1 is 0.966 bits per heavy atom. The molecule has 156 valence electrons. The van der Waals surface area contributed by atoms with Crippen LogP contribution in [0.5, 0.6) is 5.75 Å². The van der Waals surface area contributed by atoms with Crippen LogP contribution < -0.4 is 4.74 Å². The molecule has 1 amide bonds. The summed E-state index contributed by atoms with van der Waals surface area (Å²) in [6.45, 7) is 8.03. The SMILES string of the molecule is Cc1ccc(S(=O)(=O)N2CCN(C(=O)c3ccc(OCC(C)C)cc3)CC2)cc1. The molecule has 1 fully saturated rings. The molecular formula is C22H28N2O4S. The van der Waals surface area contributed by atoms with E-state index < -0.39 is 10.0 Å². The lowest BCUT2D eigenvalue weighted by Gasteiger charge is -2.34. The summed E-state index contributed by atoms with van der Waals surface area (Å²) in [4.78, 5) is 14.7. The van der Waals surface area contributed by atoms with E-state index in [4.69, 9.17) is 4.74 Å². The zero-order valence-corrected chi connectivity index (χ0v) is 18.0. The van der Waals surface area contributed by atoms with Crippen molar-refractivity contribution in [1.29, 1.82) is 0 Å². The number of amides is 1. The molecule has 6 nitrogen and oxygen atoms in total. The molecule has 0 atom stereocenters. The molecule has 0 radical (unpaired) electrons. The fourth-order valence-electron chi connectivity index (χ4n) is 3.13. The molecular weight excluding hydrogens is 388 g/mol. The van der Waals surface area contributed by atoms with Crippen LogP contribution in [-0.2, 0) is 10.0 Å². The average Bonchev–Trinajstić information content (AvgIpc) is 2.72. The van der Waals surface area contributed by atoms with Crippen LogP contribution in [0.3, 0.4) is 0 Å². The first kappa shape index (κ1) is 21.3. The van der Waals surface area contributed by atoms with Gasteiger partial charge >= 0.3 is 0 Å². The van der Waals surface area contributed by atoms with Crippen molar-refractivity contribution in [2.75, 3.05) is 32.8 Å². The van der Waals surface area contributed by atoms with Gasteiger partial charge in [0.2, 0.25) is 10.0 Å². The normalized spacial score (nSPS) is 15.5. The highest BCUT2D eigenvalue weighted by Crippen LogP contribution is 2.20. The number of piperazine rings is 1. The standard InChI is InChI=1S/C22H28N2O4S/c1-17(2)16-28-20-8-6-19(7-9-20)22(25)23-12-14-24(15-13-23)29(26,27)21-10-4-18(3)5-11-21/h4-11,17H,12-16H2,1-3H3. The second-order valence-electron chi connectivity index (χ2n) is 7.74. The smallest absolute Gasteiger partial charge is 0.253 e. The summed E-state index contributed by atoms with van der Waals surface area (Å²) >= 11 is 0. The highest BCUT2D eigenvalue weighted by atomic mass is 32.2. The Bertz CT molecular complexity index is 930. The molecule has 1 aliphatic rings. The number of rotatable bonds is 6. The van der Waals surface area contributed by atoms with Crippen LogP contribution in [0, 0.1) is 12.8 Å². The van der Waals surface area contributed by atoms with Crippen molar-refractivity contribution in [3.8, 4) is 5.75 Å². The summed E-state index contributed by atoms with van der Waals surface area (Å²) in [5.41, 5.74) is 1.59. The van der Waals surface area contributed by atoms with Crippen LogP contribution >= 0.6 is 0 Å². The highest BCUT2D eigenvalue weighted by molar-refractivity contribution is 7.89. The van der Waals surface area contributed by atoms with Crippen LogP contribution in [0.2, 0.25) is 0 Å². The second-order valence-corrected chi connectivity index (χ2v) is 9.68. The lowest BCUT2D eigenvalue weighted by Crippen LogP contribution is -2.50. The van der Waals surface area contributed by atoms with Crippen LogP contribution in [-0.4, -0.2) is 56.3 Å². The fraction of sp³-hybridized carbons (Fsp3) is 0.409. The third-order valence-corrected chi connectivity index (χ3v) is 6.78. The van der Waals surface area contributed by atoms with Gasteiger partial charge in [-0.05, 0) is 49.2 Å². The van der Waals surface area contributed by atoms with Crippen molar-refractivity contribution in [1.82, 2.24) is 9.21 Å². The predicted molar refractivity (Wildman–Crippen MR) is 113 cm³/mol. The van der Waals surface area contributed by atoms with Gasteiger partial charge in [0, 0.05) is 31.7 Å². The number of carbonyl (C=O) groups excluding carboxylic acids is 1. The number of nitrogens with zero attached hydrogens (tertiary/aromatic N) is 2. The van der Waals surface area contributed by atoms with Crippen LogP contribution in [0.25, 0.3) is 0 Å². The summed E-state index contributed by atoms with van der Waals surface area (Å²) in [7, 11) is -3.53. The second kappa shape index (κ2) is 8.97. The number of hydrogen-bond donors (Lipinski definition) is 0. The van der Waals surface area contributed by atoms with Gasteiger partial charge in [0.15, 0.2) is 0 Å². The van der Waals surface area contributed by atoms with Gasteiger partial charge < -0.3 is 9.64 Å². The van der Waals surface area contributed by atoms with Crippen LogP contribution in [0.4, 0.5) is 0 Å². The average molecular weight is 417 g/mol. The zero-order valence-electron chi connectivity index (χ0n) is 17.2. The third-order valence-electron chi connectivity index (χ3n) is 4.87. The zero-order chi connectivity index (χ0) is 21.0. The van der Waals surface area contributed by atoms with Crippen molar-refractivity contribution >= 4 is 15.9 Å². The maximum atomic E-state index is 12.8. The minimum absolute atomic E-state index is 0.0900. The summed E-state index contributed by atoms with van der Waals surface area (Å²) < 4.78 is 32.7. The number of ether oxygens (including phenoxy) is 1. The minimum atomic E-state index is -3.53. The first-order valence-corrected chi connectivity index (χ1v) is 11.3. The lowest BCUT2D eigenvalue weighted by molar-refractivity contribution is 0.0698. The molecule has 0 bridgehead atoms. The van der Waals surface area contributed by atoms with Crippen LogP contribution in [0.1, 0.15) is 29.8 Å². The van der Waals surface area contributed by atoms with E-state index in [2.05, 4.69) is 13.8 Å². The molecule has 0 spiro atoms. The Morgan fingerprint density at radius 3 is 2.10 bits per heavy atom. The summed E-state index contributed by atoms with van der Waals surface area (Å²) in [5.74, 6) is 1.08. The molecule has 0 N–H and O–H groups in total. The Morgan fingerprint density at radius 2 is 1.55 bits per heavy atom. The van der Waals surface area contributed by atoms with E-state index in [0.29, 0.717) is 36.1 Å². The molecule has 0 unspecified atom stereocenters. The molecule has 29 heavy (non-hydrogen) atoms. The van der Waals surface area contributed by atoms with Gasteiger partial charge in [0.1, 0.15) is 5.75 Å². The molecule has 3 rings (SSSR count). The minimum Gasteiger partial charge on any atom is -0.493 e. The largest absolute Gasteiger partial charge is 0.493 e. The van der Waals surface area contributed by atoms with E-state index in [1.807, 2.05) is 6.92 Å². The maximum absolute atomic E-state index is 12.8. The molecule has 0 aliphatic carbocycles. The van der Waals surface area contributed by atoms with Gasteiger partial charge in [-0.1, -0.05) is 31.5 Å². The summed E-state index contributed by atoms with van der Waals surface area (Å²) in [5, 5.41) is 0. The Labute approximate surface area is 173 Å². The van der Waals surface area contributed by atoms with Crippen molar-refractivity contribution in [2.45, 2.75) is 25.7 Å². The highest BCUT2D eigenvalue weighted by Gasteiger charge is 2.30. The van der Waals surface area contributed by atoms with E-state index in [0.717, 1.165) is 11.3 Å². The van der Waals surface area contributed by atoms with E-state index >= 15 is 0 Å². The number of hydrogen-bond acceptors (Lipinski definition) is 4. The summed E-state index contributed by atoms with van der Waals surface area (Å²) in [6, 6.07) is 14.0. The Hall–Kier alpha value is -2.38. The first-order valence-electron chi connectivity index (χ1n) is 9.86. The Balaban J connectivity index is 1.60. The van der Waals surface area contributed by atoms with Gasteiger partial charge in [-0.2, -0.15) is 4.31 Å². The van der Waals surface area contributed by atoms with Gasteiger partial charge in [-0.25, -0.2) is 8.42 Å². The van der Waals surface area contributed by atoms with Gasteiger partial charge in [-0.3, -0.25) is 4.79 Å². The molecule has 7 heteroatoms. The maximum Gasteiger partial charge on any atom is 0.253 e. The van der Waals surface area contributed by atoms with E-state index in [1.54, 1.807) is 53.4 Å². The first-order chi connectivity index (χ1) is 13.8. The lowest BCUT2D eigenvalue weighted by atomic mass is 10.1. The number of aryl methyl sites for hydroxylation is 1. The molecule has 1 saturated heterocycles. The van der Waals surface area contributed by atoms with E-state index in [1.165, 1.54) is 4.31 Å². The van der Waals surface area contributed by atoms with E-state index in [9.17, 15) is 13.2 Å². The third kappa shape index (κ3) is 5.16. The molecule has 2 aromatic rings. The van der Waals surface area contributed by atoms with Gasteiger partial charge in [-0.15, -0.1) is 0 Å². The quantitative estimate of drug-likeness (QED) is 0.725. The van der Waals surface area contributed by atoms with Crippen molar-refractivity contribution in [2.24, 2.45) is 5.92 Å². The Kier molecular flexibility index (Phi) is 6.59. The fourth-order valence-corrected chi connectivity index (χ4v) is 4.55. The number of sulfonamides is 1. The van der Waals surface area contributed by atoms with Gasteiger partial charge in [0.05, 0.1) is 11.5 Å². The van der Waals surface area contributed by atoms with Crippen molar-refractivity contribution in [3.63, 3.8) is 0 Å². The molecule has 0 saturated carbocycles. The molecule has 2 aromatic carbocycles. The monoisotopic (exact) mass is 416 g/mol. The van der Waals surface area contributed by atoms with E-state index in [-0.39, 0.29) is 19.0 Å². The van der Waals surface area contributed by atoms with Crippen molar-refractivity contribution in [3.05, 3.63) is 59.7 Å². The number of benzene rings is 2. The molecule has 0 aromatic heterocycles.